The smallest absolute Gasteiger partial charge is 0.272 e. The second-order valence-electron chi connectivity index (χ2n) is 5.35. The van der Waals surface area contributed by atoms with Crippen LogP contribution < -0.4 is 5.73 Å². The molecule has 1 aliphatic heterocycles. The normalized spacial score (nSPS) is 14.4. The van der Waals surface area contributed by atoms with E-state index >= 15 is 0 Å². The number of fused-ring (bicyclic) bond motifs is 1. The molecule has 21 heavy (non-hydrogen) atoms. The fraction of sp³-hybridized carbons (Fsp3) is 0.294. The fourth-order valence-corrected chi connectivity index (χ4v) is 2.71. The van der Waals surface area contributed by atoms with Crippen molar-refractivity contribution >= 4 is 5.91 Å². The molecule has 0 unspecified atom stereocenters. The Kier molecular flexibility index (Phi) is 3.97. The molecular weight excluding hydrogens is 262 g/mol. The molecule has 1 aliphatic rings. The molecule has 1 aromatic heterocycles. The number of aryl methyl sites for hydroxylation is 1. The van der Waals surface area contributed by atoms with Gasteiger partial charge in [0.15, 0.2) is 0 Å². The Bertz CT molecular complexity index is 637. The number of pyridine rings is 1. The highest BCUT2D eigenvalue weighted by atomic mass is 16.2. The van der Waals surface area contributed by atoms with Crippen molar-refractivity contribution in [2.75, 3.05) is 6.54 Å². The maximum atomic E-state index is 12.6. The van der Waals surface area contributed by atoms with Crippen LogP contribution in [-0.4, -0.2) is 22.3 Å². The van der Waals surface area contributed by atoms with Crippen LogP contribution in [0.15, 0.2) is 42.6 Å². The third-order valence-corrected chi connectivity index (χ3v) is 3.92. The van der Waals surface area contributed by atoms with Crippen molar-refractivity contribution in [3.8, 4) is 0 Å². The molecule has 4 nitrogen and oxygen atoms in total. The standard InChI is InChI=1S/C17H19N3O/c18-10-13-7-8-16(19-11-13)17(21)20-9-3-6-14-4-1-2-5-15(14)12-20/h1-2,4-5,7-8,11H,3,6,9-10,12,18H2. The first-order valence-corrected chi connectivity index (χ1v) is 7.29. The van der Waals surface area contributed by atoms with Crippen molar-refractivity contribution in [3.05, 3.63) is 65.0 Å². The van der Waals surface area contributed by atoms with Crippen LogP contribution in [0.5, 0.6) is 0 Å². The molecular formula is C17H19N3O. The molecule has 0 atom stereocenters. The number of hydrogen-bond donors (Lipinski definition) is 1. The lowest BCUT2D eigenvalue weighted by Gasteiger charge is -2.20. The number of carbonyl (C=O) groups is 1. The molecule has 0 saturated heterocycles. The van der Waals surface area contributed by atoms with Crippen molar-refractivity contribution in [3.63, 3.8) is 0 Å². The summed E-state index contributed by atoms with van der Waals surface area (Å²) in [7, 11) is 0. The summed E-state index contributed by atoms with van der Waals surface area (Å²) in [6.45, 7) is 1.88. The molecule has 1 aromatic carbocycles. The van der Waals surface area contributed by atoms with Crippen LogP contribution in [0, 0.1) is 0 Å². The average molecular weight is 281 g/mol. The molecule has 2 heterocycles. The van der Waals surface area contributed by atoms with E-state index in [2.05, 4.69) is 23.2 Å². The van der Waals surface area contributed by atoms with Crippen LogP contribution >= 0.6 is 0 Å². The Morgan fingerprint density at radius 2 is 2.00 bits per heavy atom. The molecule has 0 spiro atoms. The fourth-order valence-electron chi connectivity index (χ4n) is 2.71. The van der Waals surface area contributed by atoms with E-state index < -0.39 is 0 Å². The molecule has 108 valence electrons. The number of nitrogens with zero attached hydrogens (tertiary/aromatic N) is 2. The van der Waals surface area contributed by atoms with Crippen molar-refractivity contribution in [2.24, 2.45) is 5.73 Å². The second-order valence-corrected chi connectivity index (χ2v) is 5.35. The van der Waals surface area contributed by atoms with Gasteiger partial charge in [-0.15, -0.1) is 0 Å². The highest BCUT2D eigenvalue weighted by Crippen LogP contribution is 2.19. The van der Waals surface area contributed by atoms with Crippen molar-refractivity contribution in [2.45, 2.75) is 25.9 Å². The maximum Gasteiger partial charge on any atom is 0.272 e. The largest absolute Gasteiger partial charge is 0.333 e. The van der Waals surface area contributed by atoms with Gasteiger partial charge < -0.3 is 10.6 Å². The Hall–Kier alpha value is -2.20. The van der Waals surface area contributed by atoms with Gasteiger partial charge in [-0.3, -0.25) is 9.78 Å². The number of benzene rings is 1. The SMILES string of the molecule is NCc1ccc(C(=O)N2CCCc3ccccc3C2)nc1. The Morgan fingerprint density at radius 1 is 1.19 bits per heavy atom. The van der Waals surface area contributed by atoms with Gasteiger partial charge in [-0.2, -0.15) is 0 Å². The lowest BCUT2D eigenvalue weighted by molar-refractivity contribution is 0.0740. The molecule has 0 saturated carbocycles. The van der Waals surface area contributed by atoms with E-state index in [1.807, 2.05) is 17.0 Å². The third-order valence-electron chi connectivity index (χ3n) is 3.92. The molecule has 3 rings (SSSR count). The minimum Gasteiger partial charge on any atom is -0.333 e. The summed E-state index contributed by atoms with van der Waals surface area (Å²) in [6, 6.07) is 12.0. The molecule has 2 N–H and O–H groups in total. The highest BCUT2D eigenvalue weighted by Gasteiger charge is 2.20. The van der Waals surface area contributed by atoms with E-state index in [1.165, 1.54) is 11.1 Å². The van der Waals surface area contributed by atoms with Crippen molar-refractivity contribution in [1.29, 1.82) is 0 Å². The second kappa shape index (κ2) is 6.06. The van der Waals surface area contributed by atoms with Gasteiger partial charge in [0.05, 0.1) is 0 Å². The summed E-state index contributed by atoms with van der Waals surface area (Å²) in [4.78, 5) is 18.7. The van der Waals surface area contributed by atoms with Gasteiger partial charge in [0, 0.05) is 25.8 Å². The van der Waals surface area contributed by atoms with Gasteiger partial charge in [0.25, 0.3) is 5.91 Å². The van der Waals surface area contributed by atoms with Crippen LogP contribution in [-0.2, 0) is 19.5 Å². The maximum absolute atomic E-state index is 12.6. The zero-order valence-corrected chi connectivity index (χ0v) is 12.0. The topological polar surface area (TPSA) is 59.2 Å². The van der Waals surface area contributed by atoms with E-state index in [0.29, 0.717) is 18.8 Å². The van der Waals surface area contributed by atoms with Gasteiger partial charge in [0.2, 0.25) is 0 Å². The predicted molar refractivity (Wildman–Crippen MR) is 81.6 cm³/mol. The first kappa shape index (κ1) is 13.8. The molecule has 0 bridgehead atoms. The Morgan fingerprint density at radius 3 is 2.71 bits per heavy atom. The minimum atomic E-state index is -0.00438. The zero-order valence-electron chi connectivity index (χ0n) is 12.0. The summed E-state index contributed by atoms with van der Waals surface area (Å²) < 4.78 is 0. The lowest BCUT2D eigenvalue weighted by Crippen LogP contribution is -2.31. The molecule has 0 radical (unpaired) electrons. The number of hydrogen-bond acceptors (Lipinski definition) is 3. The monoisotopic (exact) mass is 281 g/mol. The first-order chi connectivity index (χ1) is 10.3. The molecule has 1 amide bonds. The van der Waals surface area contributed by atoms with Gasteiger partial charge in [-0.25, -0.2) is 0 Å². The number of rotatable bonds is 2. The number of aromatic nitrogens is 1. The molecule has 4 heteroatoms. The van der Waals surface area contributed by atoms with E-state index in [9.17, 15) is 4.79 Å². The van der Waals surface area contributed by atoms with Crippen LogP contribution in [0.1, 0.15) is 33.6 Å². The van der Waals surface area contributed by atoms with Gasteiger partial charge >= 0.3 is 0 Å². The summed E-state index contributed by atoms with van der Waals surface area (Å²) >= 11 is 0. The van der Waals surface area contributed by atoms with Gasteiger partial charge in [-0.05, 0) is 35.6 Å². The highest BCUT2D eigenvalue weighted by molar-refractivity contribution is 5.92. The number of nitrogens with two attached hydrogens (primary N) is 1. The van der Waals surface area contributed by atoms with E-state index in [4.69, 9.17) is 5.73 Å². The van der Waals surface area contributed by atoms with Crippen LogP contribution in [0.3, 0.4) is 0 Å². The van der Waals surface area contributed by atoms with E-state index in [1.54, 1.807) is 12.3 Å². The molecule has 2 aromatic rings. The Balaban J connectivity index is 1.81. The van der Waals surface area contributed by atoms with E-state index in [0.717, 1.165) is 24.9 Å². The Labute approximate surface area is 124 Å². The summed E-state index contributed by atoms with van der Waals surface area (Å²) in [5, 5.41) is 0. The van der Waals surface area contributed by atoms with Gasteiger partial charge in [0.1, 0.15) is 5.69 Å². The molecule has 0 aliphatic carbocycles. The third kappa shape index (κ3) is 2.95. The van der Waals surface area contributed by atoms with Crippen LogP contribution in [0.2, 0.25) is 0 Å². The van der Waals surface area contributed by atoms with Gasteiger partial charge in [-0.1, -0.05) is 30.3 Å². The van der Waals surface area contributed by atoms with Crippen molar-refractivity contribution in [1.82, 2.24) is 9.88 Å². The summed E-state index contributed by atoms with van der Waals surface area (Å²) in [5.41, 5.74) is 9.57. The number of amides is 1. The minimum absolute atomic E-state index is 0.00438. The lowest BCUT2D eigenvalue weighted by atomic mass is 10.0. The first-order valence-electron chi connectivity index (χ1n) is 7.29. The summed E-state index contributed by atoms with van der Waals surface area (Å²) in [6.07, 6.45) is 3.70. The van der Waals surface area contributed by atoms with Crippen LogP contribution in [0.4, 0.5) is 0 Å². The van der Waals surface area contributed by atoms with Crippen LogP contribution in [0.25, 0.3) is 0 Å². The average Bonchev–Trinajstić information content (AvgIpc) is 2.76. The van der Waals surface area contributed by atoms with E-state index in [-0.39, 0.29) is 5.91 Å². The number of carbonyl (C=O) groups excluding carboxylic acids is 1. The zero-order chi connectivity index (χ0) is 14.7. The van der Waals surface area contributed by atoms with Crippen molar-refractivity contribution < 1.29 is 4.79 Å². The summed E-state index contributed by atoms with van der Waals surface area (Å²) in [5.74, 6) is -0.00438. The quantitative estimate of drug-likeness (QED) is 0.917. The molecule has 0 fully saturated rings. The predicted octanol–water partition coefficient (Wildman–Crippen LogP) is 2.13.